The standard InChI is InChI=1S/C22H28FNO/c1-3-6-16-9-11-17(12-10-16)18-13-14-21(24-15-18)22(25-2)19-7-4-5-8-20(19)23/h4-5,7-8,13-17,22H,3,6,9-12H2,1-2H3. The number of hydrogen-bond acceptors (Lipinski definition) is 2. The Labute approximate surface area is 150 Å². The normalized spacial score (nSPS) is 21.9. The van der Waals surface area contributed by atoms with Gasteiger partial charge in [0.05, 0.1) is 5.69 Å². The predicted octanol–water partition coefficient (Wildman–Crippen LogP) is 6.03. The molecule has 3 heteroatoms. The van der Waals surface area contributed by atoms with Crippen molar-refractivity contribution in [3.63, 3.8) is 0 Å². The third-order valence-electron chi connectivity index (χ3n) is 5.52. The molecule has 134 valence electrons. The maximum atomic E-state index is 14.1. The average molecular weight is 341 g/mol. The number of nitrogens with zero attached hydrogens (tertiary/aromatic N) is 1. The molecule has 1 fully saturated rings. The first-order valence-electron chi connectivity index (χ1n) is 9.46. The lowest BCUT2D eigenvalue weighted by atomic mass is 9.77. The summed E-state index contributed by atoms with van der Waals surface area (Å²) in [5.41, 5.74) is 2.60. The second kappa shape index (κ2) is 8.57. The summed E-state index contributed by atoms with van der Waals surface area (Å²) in [6.07, 6.45) is 9.33. The summed E-state index contributed by atoms with van der Waals surface area (Å²) in [7, 11) is 1.60. The highest BCUT2D eigenvalue weighted by atomic mass is 19.1. The first-order chi connectivity index (χ1) is 12.2. The van der Waals surface area contributed by atoms with Crippen LogP contribution in [0.25, 0.3) is 0 Å². The zero-order valence-electron chi connectivity index (χ0n) is 15.2. The summed E-state index contributed by atoms with van der Waals surface area (Å²) in [6, 6.07) is 10.9. The van der Waals surface area contributed by atoms with Crippen LogP contribution in [0.5, 0.6) is 0 Å². The van der Waals surface area contributed by atoms with Gasteiger partial charge in [0.15, 0.2) is 0 Å². The molecule has 1 unspecified atom stereocenters. The van der Waals surface area contributed by atoms with E-state index in [1.54, 1.807) is 19.2 Å². The van der Waals surface area contributed by atoms with Crippen molar-refractivity contribution in [3.05, 3.63) is 65.2 Å². The van der Waals surface area contributed by atoms with Crippen LogP contribution < -0.4 is 0 Å². The summed E-state index contributed by atoms with van der Waals surface area (Å²) in [4.78, 5) is 4.61. The van der Waals surface area contributed by atoms with E-state index in [0.29, 0.717) is 11.5 Å². The summed E-state index contributed by atoms with van der Waals surface area (Å²) >= 11 is 0. The molecule has 0 N–H and O–H groups in total. The van der Waals surface area contributed by atoms with Crippen molar-refractivity contribution in [2.75, 3.05) is 7.11 Å². The van der Waals surface area contributed by atoms with E-state index in [-0.39, 0.29) is 5.82 Å². The van der Waals surface area contributed by atoms with Gasteiger partial charge in [0.2, 0.25) is 0 Å². The minimum absolute atomic E-state index is 0.255. The van der Waals surface area contributed by atoms with Crippen LogP contribution in [0.15, 0.2) is 42.6 Å². The van der Waals surface area contributed by atoms with Gasteiger partial charge in [-0.1, -0.05) is 44.0 Å². The molecule has 1 heterocycles. The van der Waals surface area contributed by atoms with E-state index in [9.17, 15) is 4.39 Å². The van der Waals surface area contributed by atoms with E-state index < -0.39 is 6.10 Å². The zero-order valence-corrected chi connectivity index (χ0v) is 15.2. The van der Waals surface area contributed by atoms with Crippen molar-refractivity contribution < 1.29 is 9.13 Å². The monoisotopic (exact) mass is 341 g/mol. The molecular formula is C22H28FNO. The summed E-state index contributed by atoms with van der Waals surface area (Å²) < 4.78 is 19.6. The lowest BCUT2D eigenvalue weighted by Crippen LogP contribution is -2.14. The van der Waals surface area contributed by atoms with Gasteiger partial charge in [-0.25, -0.2) is 4.39 Å². The maximum absolute atomic E-state index is 14.1. The maximum Gasteiger partial charge on any atom is 0.129 e. The second-order valence-corrected chi connectivity index (χ2v) is 7.16. The Bertz CT molecular complexity index is 662. The Morgan fingerprint density at radius 1 is 1.12 bits per heavy atom. The average Bonchev–Trinajstić information content (AvgIpc) is 2.65. The van der Waals surface area contributed by atoms with Crippen LogP contribution in [0, 0.1) is 11.7 Å². The first-order valence-corrected chi connectivity index (χ1v) is 9.46. The van der Waals surface area contributed by atoms with E-state index in [0.717, 1.165) is 11.6 Å². The molecule has 1 atom stereocenters. The molecule has 1 aromatic heterocycles. The van der Waals surface area contributed by atoms with Gasteiger partial charge in [-0.15, -0.1) is 0 Å². The number of methoxy groups -OCH3 is 1. The van der Waals surface area contributed by atoms with Crippen molar-refractivity contribution in [1.29, 1.82) is 0 Å². The molecule has 2 aromatic rings. The van der Waals surface area contributed by atoms with Gasteiger partial charge in [-0.05, 0) is 55.2 Å². The molecule has 1 aliphatic rings. The Balaban J connectivity index is 1.71. The summed E-state index contributed by atoms with van der Waals surface area (Å²) in [6.45, 7) is 2.27. The number of hydrogen-bond donors (Lipinski definition) is 0. The number of rotatable bonds is 6. The molecule has 0 aliphatic heterocycles. The Kier molecular flexibility index (Phi) is 6.19. The van der Waals surface area contributed by atoms with Crippen LogP contribution in [0.3, 0.4) is 0 Å². The fourth-order valence-electron chi connectivity index (χ4n) is 4.10. The largest absolute Gasteiger partial charge is 0.370 e. The Hall–Kier alpha value is -1.74. The lowest BCUT2D eigenvalue weighted by Gasteiger charge is -2.28. The molecule has 1 aliphatic carbocycles. The molecule has 1 saturated carbocycles. The third kappa shape index (κ3) is 4.27. The van der Waals surface area contributed by atoms with E-state index >= 15 is 0 Å². The molecule has 3 rings (SSSR count). The Morgan fingerprint density at radius 2 is 1.88 bits per heavy atom. The molecular weight excluding hydrogens is 313 g/mol. The van der Waals surface area contributed by atoms with E-state index in [4.69, 9.17) is 4.74 Å². The third-order valence-corrected chi connectivity index (χ3v) is 5.52. The van der Waals surface area contributed by atoms with Gasteiger partial charge >= 0.3 is 0 Å². The van der Waals surface area contributed by atoms with Gasteiger partial charge in [0, 0.05) is 18.9 Å². The molecule has 0 spiro atoms. The van der Waals surface area contributed by atoms with E-state index in [1.165, 1.54) is 50.2 Å². The Morgan fingerprint density at radius 3 is 2.48 bits per heavy atom. The fourth-order valence-corrected chi connectivity index (χ4v) is 4.10. The summed E-state index contributed by atoms with van der Waals surface area (Å²) in [5.74, 6) is 1.27. The van der Waals surface area contributed by atoms with Crippen molar-refractivity contribution in [2.45, 2.75) is 57.5 Å². The first kappa shape index (κ1) is 18.1. The van der Waals surface area contributed by atoms with Crippen LogP contribution in [0.2, 0.25) is 0 Å². The molecule has 0 amide bonds. The number of aromatic nitrogens is 1. The molecule has 2 nitrogen and oxygen atoms in total. The second-order valence-electron chi connectivity index (χ2n) is 7.16. The van der Waals surface area contributed by atoms with Crippen LogP contribution in [0.1, 0.15) is 74.3 Å². The minimum Gasteiger partial charge on any atom is -0.370 e. The number of pyridine rings is 1. The lowest BCUT2D eigenvalue weighted by molar-refractivity contribution is 0.129. The van der Waals surface area contributed by atoms with Gasteiger partial charge in [0.1, 0.15) is 11.9 Å². The molecule has 25 heavy (non-hydrogen) atoms. The van der Waals surface area contributed by atoms with Crippen LogP contribution in [-0.4, -0.2) is 12.1 Å². The van der Waals surface area contributed by atoms with Gasteiger partial charge in [-0.3, -0.25) is 4.98 Å². The van der Waals surface area contributed by atoms with Crippen molar-refractivity contribution in [1.82, 2.24) is 4.98 Å². The topological polar surface area (TPSA) is 22.1 Å². The summed E-state index contributed by atoms with van der Waals surface area (Å²) in [5, 5.41) is 0. The van der Waals surface area contributed by atoms with Crippen molar-refractivity contribution in [3.8, 4) is 0 Å². The number of halogens is 1. The van der Waals surface area contributed by atoms with Gasteiger partial charge in [-0.2, -0.15) is 0 Å². The SMILES string of the molecule is CCCC1CCC(c2ccc(C(OC)c3ccccc3F)nc2)CC1. The van der Waals surface area contributed by atoms with Gasteiger partial charge in [0.25, 0.3) is 0 Å². The van der Waals surface area contributed by atoms with E-state index in [2.05, 4.69) is 18.0 Å². The predicted molar refractivity (Wildman–Crippen MR) is 99.1 cm³/mol. The molecule has 0 radical (unpaired) electrons. The molecule has 0 bridgehead atoms. The van der Waals surface area contributed by atoms with Crippen LogP contribution in [-0.2, 0) is 4.74 Å². The molecule has 1 aromatic carbocycles. The number of ether oxygens (including phenoxy) is 1. The molecule has 0 saturated heterocycles. The van der Waals surface area contributed by atoms with Crippen molar-refractivity contribution in [2.24, 2.45) is 5.92 Å². The van der Waals surface area contributed by atoms with Crippen LogP contribution >= 0.6 is 0 Å². The van der Waals surface area contributed by atoms with Gasteiger partial charge < -0.3 is 4.74 Å². The number of benzene rings is 1. The van der Waals surface area contributed by atoms with Crippen LogP contribution in [0.4, 0.5) is 4.39 Å². The smallest absolute Gasteiger partial charge is 0.129 e. The van der Waals surface area contributed by atoms with E-state index in [1.807, 2.05) is 18.3 Å². The highest BCUT2D eigenvalue weighted by Crippen LogP contribution is 2.37. The zero-order chi connectivity index (χ0) is 17.6. The highest BCUT2D eigenvalue weighted by molar-refractivity contribution is 5.29. The minimum atomic E-state index is -0.462. The quantitative estimate of drug-likeness (QED) is 0.640. The fraction of sp³-hybridized carbons (Fsp3) is 0.500. The van der Waals surface area contributed by atoms with Crippen molar-refractivity contribution >= 4 is 0 Å². The highest BCUT2D eigenvalue weighted by Gasteiger charge is 2.23.